The Balaban J connectivity index is 1.65. The van der Waals surface area contributed by atoms with Gasteiger partial charge in [0.2, 0.25) is 5.91 Å². The molecule has 1 amide bonds. The summed E-state index contributed by atoms with van der Waals surface area (Å²) in [5, 5.41) is 11.3. The van der Waals surface area contributed by atoms with E-state index in [9.17, 15) is 14.7 Å². The number of hydrogen-bond acceptors (Lipinski definition) is 4. The van der Waals surface area contributed by atoms with Crippen molar-refractivity contribution in [3.8, 4) is 0 Å². The van der Waals surface area contributed by atoms with Crippen LogP contribution in [0.5, 0.6) is 0 Å². The maximum absolute atomic E-state index is 12.6. The number of ether oxygens (including phenoxy) is 1. The zero-order chi connectivity index (χ0) is 13.9. The summed E-state index contributed by atoms with van der Waals surface area (Å²) < 4.78 is 5.83. The fourth-order valence-electron chi connectivity index (χ4n) is 3.58. The van der Waals surface area contributed by atoms with Gasteiger partial charge >= 0.3 is 5.97 Å². The molecule has 1 N–H and O–H groups in total. The van der Waals surface area contributed by atoms with Crippen LogP contribution in [0.1, 0.15) is 4.88 Å². The molecule has 5 nitrogen and oxygen atoms in total. The van der Waals surface area contributed by atoms with Gasteiger partial charge in [-0.15, -0.1) is 11.3 Å². The number of likely N-dealkylation sites (tertiary alicyclic amines) is 1. The van der Waals surface area contributed by atoms with Crippen LogP contribution in [0.4, 0.5) is 0 Å². The van der Waals surface area contributed by atoms with Gasteiger partial charge in [-0.3, -0.25) is 9.59 Å². The summed E-state index contributed by atoms with van der Waals surface area (Å²) in [5.74, 6) is -2.37. The molecule has 4 heterocycles. The molecule has 3 aliphatic rings. The molecule has 2 fully saturated rings. The van der Waals surface area contributed by atoms with Crippen LogP contribution in [0.15, 0.2) is 29.7 Å². The fraction of sp³-hybridized carbons (Fsp3) is 0.429. The summed E-state index contributed by atoms with van der Waals surface area (Å²) in [4.78, 5) is 26.8. The first kappa shape index (κ1) is 12.1. The van der Waals surface area contributed by atoms with Crippen molar-refractivity contribution >= 4 is 23.2 Å². The second-order valence-electron chi connectivity index (χ2n) is 5.51. The Bertz CT molecular complexity index is 611. The van der Waals surface area contributed by atoms with E-state index < -0.39 is 29.5 Å². The number of amides is 1. The van der Waals surface area contributed by atoms with Crippen LogP contribution < -0.4 is 0 Å². The molecule has 0 radical (unpaired) electrons. The molecule has 4 atom stereocenters. The van der Waals surface area contributed by atoms with E-state index in [1.807, 2.05) is 23.6 Å². The zero-order valence-corrected chi connectivity index (χ0v) is 11.4. The monoisotopic (exact) mass is 291 g/mol. The average molecular weight is 291 g/mol. The number of hydrogen-bond donors (Lipinski definition) is 1. The van der Waals surface area contributed by atoms with E-state index in [4.69, 9.17) is 4.74 Å². The molecule has 0 unspecified atom stereocenters. The Kier molecular flexibility index (Phi) is 2.38. The van der Waals surface area contributed by atoms with Crippen molar-refractivity contribution in [1.82, 2.24) is 4.90 Å². The number of carboxylic acids is 1. The highest BCUT2D eigenvalue weighted by Crippen LogP contribution is 2.52. The van der Waals surface area contributed by atoms with E-state index in [1.54, 1.807) is 22.3 Å². The lowest BCUT2D eigenvalue weighted by atomic mass is 9.77. The van der Waals surface area contributed by atoms with Gasteiger partial charge in [-0.2, -0.15) is 0 Å². The lowest BCUT2D eigenvalue weighted by Gasteiger charge is -2.21. The van der Waals surface area contributed by atoms with E-state index in [-0.39, 0.29) is 5.91 Å². The zero-order valence-electron chi connectivity index (χ0n) is 10.6. The SMILES string of the molecule is O=C(O)[C@@H]1[C@@H]2C=C[C@]3(CN(Cc4cccs4)C(=O)[C@H]13)O2. The molecule has 1 aromatic rings. The summed E-state index contributed by atoms with van der Waals surface area (Å²) in [7, 11) is 0. The number of nitrogens with zero attached hydrogens (tertiary/aromatic N) is 1. The van der Waals surface area contributed by atoms with Gasteiger partial charge in [0, 0.05) is 4.88 Å². The molecule has 2 saturated heterocycles. The summed E-state index contributed by atoms with van der Waals surface area (Å²) in [6.07, 6.45) is 3.22. The van der Waals surface area contributed by atoms with Gasteiger partial charge in [0.15, 0.2) is 0 Å². The molecule has 4 rings (SSSR count). The second-order valence-corrected chi connectivity index (χ2v) is 6.54. The van der Waals surface area contributed by atoms with E-state index in [0.717, 1.165) is 4.88 Å². The van der Waals surface area contributed by atoms with Crippen LogP contribution in [-0.2, 0) is 20.9 Å². The Morgan fingerprint density at radius 3 is 3.15 bits per heavy atom. The molecule has 104 valence electrons. The number of aliphatic carboxylic acids is 1. The molecule has 20 heavy (non-hydrogen) atoms. The lowest BCUT2D eigenvalue weighted by molar-refractivity contribution is -0.148. The fourth-order valence-corrected chi connectivity index (χ4v) is 4.30. The molecule has 0 saturated carbocycles. The highest BCUT2D eigenvalue weighted by molar-refractivity contribution is 7.09. The molecule has 1 spiro atoms. The van der Waals surface area contributed by atoms with Gasteiger partial charge in [0.25, 0.3) is 0 Å². The number of fused-ring (bicyclic) bond motifs is 1. The lowest BCUT2D eigenvalue weighted by Crippen LogP contribution is -2.39. The van der Waals surface area contributed by atoms with E-state index in [1.165, 1.54) is 0 Å². The summed E-state index contributed by atoms with van der Waals surface area (Å²) in [6, 6.07) is 3.92. The Morgan fingerprint density at radius 1 is 1.60 bits per heavy atom. The Labute approximate surface area is 119 Å². The molecule has 6 heteroatoms. The number of carbonyl (C=O) groups is 2. The minimum absolute atomic E-state index is 0.0994. The van der Waals surface area contributed by atoms with E-state index in [2.05, 4.69) is 0 Å². The van der Waals surface area contributed by atoms with Crippen LogP contribution in [0, 0.1) is 11.8 Å². The quantitative estimate of drug-likeness (QED) is 0.847. The summed E-state index contributed by atoms with van der Waals surface area (Å²) in [5.41, 5.74) is -0.720. The first-order valence-electron chi connectivity index (χ1n) is 6.52. The third-order valence-corrected chi connectivity index (χ3v) is 5.25. The van der Waals surface area contributed by atoms with Crippen molar-refractivity contribution in [3.63, 3.8) is 0 Å². The van der Waals surface area contributed by atoms with Crippen LogP contribution in [0.25, 0.3) is 0 Å². The van der Waals surface area contributed by atoms with Crippen LogP contribution >= 0.6 is 11.3 Å². The van der Waals surface area contributed by atoms with Gasteiger partial charge in [-0.25, -0.2) is 0 Å². The average Bonchev–Trinajstić information content (AvgIpc) is 3.12. The van der Waals surface area contributed by atoms with Crippen molar-refractivity contribution in [2.75, 3.05) is 6.54 Å². The largest absolute Gasteiger partial charge is 0.481 e. The number of rotatable bonds is 3. The minimum Gasteiger partial charge on any atom is -0.481 e. The van der Waals surface area contributed by atoms with Crippen molar-refractivity contribution in [2.45, 2.75) is 18.2 Å². The predicted octanol–water partition coefficient (Wildman–Crippen LogP) is 1.11. The highest BCUT2D eigenvalue weighted by atomic mass is 32.1. The molecular formula is C14H13NO4S. The smallest absolute Gasteiger partial charge is 0.310 e. The number of thiophene rings is 1. The summed E-state index contributed by atoms with van der Waals surface area (Å²) in [6.45, 7) is 0.980. The van der Waals surface area contributed by atoms with E-state index >= 15 is 0 Å². The number of carbonyl (C=O) groups excluding carboxylic acids is 1. The third kappa shape index (κ3) is 1.46. The van der Waals surface area contributed by atoms with Gasteiger partial charge < -0.3 is 14.7 Å². The number of carboxylic acid groups (broad SMARTS) is 1. The minimum atomic E-state index is -0.947. The first-order valence-corrected chi connectivity index (χ1v) is 7.40. The Morgan fingerprint density at radius 2 is 2.45 bits per heavy atom. The maximum Gasteiger partial charge on any atom is 0.310 e. The van der Waals surface area contributed by atoms with Gasteiger partial charge in [0.1, 0.15) is 11.5 Å². The van der Waals surface area contributed by atoms with Crippen molar-refractivity contribution in [3.05, 3.63) is 34.5 Å². The molecule has 2 bridgehead atoms. The van der Waals surface area contributed by atoms with Gasteiger partial charge in [-0.1, -0.05) is 18.2 Å². The predicted molar refractivity (Wildman–Crippen MR) is 71.1 cm³/mol. The maximum atomic E-state index is 12.6. The topological polar surface area (TPSA) is 66.8 Å². The van der Waals surface area contributed by atoms with Crippen molar-refractivity contribution in [1.29, 1.82) is 0 Å². The molecule has 3 aliphatic heterocycles. The molecule has 1 aromatic heterocycles. The highest BCUT2D eigenvalue weighted by Gasteiger charge is 2.66. The third-order valence-electron chi connectivity index (χ3n) is 4.39. The Hall–Kier alpha value is -1.66. The normalized spacial score (nSPS) is 37.7. The van der Waals surface area contributed by atoms with Crippen LogP contribution in [0.2, 0.25) is 0 Å². The van der Waals surface area contributed by atoms with Crippen LogP contribution in [-0.4, -0.2) is 40.1 Å². The molecular weight excluding hydrogens is 278 g/mol. The van der Waals surface area contributed by atoms with Crippen molar-refractivity contribution in [2.24, 2.45) is 11.8 Å². The first-order chi connectivity index (χ1) is 9.61. The van der Waals surface area contributed by atoms with E-state index in [0.29, 0.717) is 13.1 Å². The summed E-state index contributed by atoms with van der Waals surface area (Å²) >= 11 is 1.59. The van der Waals surface area contributed by atoms with Crippen molar-refractivity contribution < 1.29 is 19.4 Å². The molecule has 0 aliphatic carbocycles. The standard InChI is InChI=1S/C14H13NO4S/c16-12-11-10(13(17)18)9-3-4-14(11,19-9)7-15(12)6-8-2-1-5-20-8/h1-5,9-11H,6-7H2,(H,17,18)/t9-,10+,11-,14+/m0/s1. The van der Waals surface area contributed by atoms with Gasteiger partial charge in [0.05, 0.1) is 25.1 Å². The second kappa shape index (κ2) is 3.93. The molecule has 0 aromatic carbocycles. The van der Waals surface area contributed by atoms with Crippen LogP contribution in [0.3, 0.4) is 0 Å². The van der Waals surface area contributed by atoms with Gasteiger partial charge in [-0.05, 0) is 11.4 Å².